The van der Waals surface area contributed by atoms with E-state index in [0.29, 0.717) is 0 Å². The minimum Gasteiger partial charge on any atom is -0.258 e. The number of unbranched alkanes of at least 4 members (excludes halogenated alkanes) is 3. The van der Waals surface area contributed by atoms with E-state index in [0.717, 1.165) is 43.6 Å². The molecule has 1 heterocycles. The highest BCUT2D eigenvalue weighted by Crippen LogP contribution is 2.19. The molecule has 0 aliphatic carbocycles. The quantitative estimate of drug-likeness (QED) is 0.691. The molecule has 0 amide bonds. The van der Waals surface area contributed by atoms with E-state index >= 15 is 0 Å². The van der Waals surface area contributed by atoms with Crippen LogP contribution in [0.5, 0.6) is 0 Å². The van der Waals surface area contributed by atoms with Crippen molar-refractivity contribution in [1.82, 2.24) is 0 Å². The lowest BCUT2D eigenvalue weighted by Crippen LogP contribution is -2.23. The average Bonchev–Trinajstić information content (AvgIpc) is 2.49. The maximum Gasteiger partial charge on any atom is 0.110 e. The van der Waals surface area contributed by atoms with Crippen LogP contribution in [0.4, 0.5) is 0 Å². The number of rotatable bonds is 6. The molecule has 0 radical (unpaired) electrons. The third-order valence-corrected chi connectivity index (χ3v) is 7.39. The van der Waals surface area contributed by atoms with Crippen LogP contribution in [0.1, 0.15) is 58.3 Å². The molecule has 3 unspecified atom stereocenters. The van der Waals surface area contributed by atoms with Gasteiger partial charge in [-0.3, -0.25) is 8.42 Å². The Bertz CT molecular complexity index is 241. The molecule has 0 aromatic heterocycles. The largest absolute Gasteiger partial charge is 0.258 e. The first-order valence-electron chi connectivity index (χ1n) is 6.50. The third-order valence-electron chi connectivity index (χ3n) is 3.07. The number of hydrogen-bond donors (Lipinski definition) is 0. The summed E-state index contributed by atoms with van der Waals surface area (Å²) in [5.41, 5.74) is 0. The van der Waals surface area contributed by atoms with Crippen LogP contribution in [0.25, 0.3) is 0 Å². The van der Waals surface area contributed by atoms with Crippen LogP contribution in [0, 0.1) is 0 Å². The van der Waals surface area contributed by atoms with Gasteiger partial charge in [-0.15, -0.1) is 0 Å². The maximum atomic E-state index is 12.0. The summed E-state index contributed by atoms with van der Waals surface area (Å²) in [6, 6.07) is 0. The molecular formula is C12H24O2S2. The second-order valence-corrected chi connectivity index (χ2v) is 8.29. The van der Waals surface area contributed by atoms with Gasteiger partial charge in [0, 0.05) is 33.1 Å². The molecule has 0 bridgehead atoms. The highest BCUT2D eigenvalue weighted by molar-refractivity contribution is 8.02. The first kappa shape index (κ1) is 14.4. The SMILES string of the molecule is CCCCCCS(=O)C1CCCCCS1=O. The molecule has 1 fully saturated rings. The third kappa shape index (κ3) is 5.09. The van der Waals surface area contributed by atoms with Gasteiger partial charge in [-0.1, -0.05) is 39.0 Å². The molecule has 0 saturated carbocycles. The van der Waals surface area contributed by atoms with E-state index in [9.17, 15) is 8.42 Å². The minimum atomic E-state index is -0.851. The molecule has 1 saturated heterocycles. The van der Waals surface area contributed by atoms with Crippen LogP contribution in [-0.2, 0) is 21.6 Å². The summed E-state index contributed by atoms with van der Waals surface area (Å²) in [4.78, 5) is 0. The summed E-state index contributed by atoms with van der Waals surface area (Å²) >= 11 is 0. The molecule has 4 heteroatoms. The summed E-state index contributed by atoms with van der Waals surface area (Å²) in [6.45, 7) is 2.18. The van der Waals surface area contributed by atoms with E-state index in [1.807, 2.05) is 0 Å². The molecule has 1 aliphatic heterocycles. The summed E-state index contributed by atoms with van der Waals surface area (Å²) in [5, 5.41) is 0. The molecule has 3 atom stereocenters. The fraction of sp³-hybridized carbons (Fsp3) is 1.00. The highest BCUT2D eigenvalue weighted by Gasteiger charge is 2.24. The lowest BCUT2D eigenvalue weighted by Gasteiger charge is -2.13. The van der Waals surface area contributed by atoms with Crippen LogP contribution < -0.4 is 0 Å². The Labute approximate surface area is 104 Å². The Morgan fingerprint density at radius 1 is 1.19 bits per heavy atom. The van der Waals surface area contributed by atoms with Gasteiger partial charge in [-0.05, 0) is 19.3 Å². The maximum absolute atomic E-state index is 12.0. The van der Waals surface area contributed by atoms with E-state index < -0.39 is 21.6 Å². The second-order valence-electron chi connectivity index (χ2n) is 4.51. The van der Waals surface area contributed by atoms with Crippen LogP contribution in [0.2, 0.25) is 0 Å². The lowest BCUT2D eigenvalue weighted by molar-refractivity contribution is 0.652. The lowest BCUT2D eigenvalue weighted by atomic mass is 10.2. The molecular weight excluding hydrogens is 240 g/mol. The molecule has 0 N–H and O–H groups in total. The van der Waals surface area contributed by atoms with Gasteiger partial charge in [0.2, 0.25) is 0 Å². The molecule has 2 nitrogen and oxygen atoms in total. The smallest absolute Gasteiger partial charge is 0.110 e. The molecule has 0 spiro atoms. The topological polar surface area (TPSA) is 34.1 Å². The van der Waals surface area contributed by atoms with Gasteiger partial charge < -0.3 is 0 Å². The fourth-order valence-electron chi connectivity index (χ4n) is 2.05. The Morgan fingerprint density at radius 2 is 2.00 bits per heavy atom. The number of hydrogen-bond acceptors (Lipinski definition) is 2. The fourth-order valence-corrected chi connectivity index (χ4v) is 5.95. The summed E-state index contributed by atoms with van der Waals surface area (Å²) < 4.78 is 23.9. The van der Waals surface area contributed by atoms with Crippen molar-refractivity contribution in [2.75, 3.05) is 11.5 Å². The predicted molar refractivity (Wildman–Crippen MR) is 72.4 cm³/mol. The van der Waals surface area contributed by atoms with Gasteiger partial charge in [-0.2, -0.15) is 0 Å². The molecule has 1 rings (SSSR count). The van der Waals surface area contributed by atoms with Crippen molar-refractivity contribution < 1.29 is 8.42 Å². The Morgan fingerprint density at radius 3 is 2.75 bits per heavy atom. The molecule has 0 aromatic carbocycles. The molecule has 0 aromatic rings. The summed E-state index contributed by atoms with van der Waals surface area (Å²) in [7, 11) is -1.68. The zero-order valence-electron chi connectivity index (χ0n) is 10.3. The Balaban J connectivity index is 2.30. The van der Waals surface area contributed by atoms with Crippen LogP contribution in [-0.4, -0.2) is 24.5 Å². The molecule has 1 aliphatic rings. The van der Waals surface area contributed by atoms with Crippen molar-refractivity contribution in [1.29, 1.82) is 0 Å². The van der Waals surface area contributed by atoms with E-state index in [-0.39, 0.29) is 4.58 Å². The predicted octanol–water partition coefficient (Wildman–Crippen LogP) is 2.96. The van der Waals surface area contributed by atoms with Gasteiger partial charge in [0.05, 0.1) is 0 Å². The first-order valence-corrected chi connectivity index (χ1v) is 9.26. The van der Waals surface area contributed by atoms with E-state index in [4.69, 9.17) is 0 Å². The van der Waals surface area contributed by atoms with E-state index in [1.165, 1.54) is 19.3 Å². The van der Waals surface area contributed by atoms with Gasteiger partial charge >= 0.3 is 0 Å². The zero-order valence-corrected chi connectivity index (χ0v) is 11.9. The van der Waals surface area contributed by atoms with Crippen LogP contribution in [0.3, 0.4) is 0 Å². The van der Waals surface area contributed by atoms with E-state index in [1.54, 1.807) is 0 Å². The molecule has 16 heavy (non-hydrogen) atoms. The monoisotopic (exact) mass is 264 g/mol. The standard InChI is InChI=1S/C12H24O2S2/c1-2-3-4-7-10-15(13)12-9-6-5-8-11-16(12)14/h12H,2-11H2,1H3. The van der Waals surface area contributed by atoms with E-state index in [2.05, 4.69) is 6.92 Å². The van der Waals surface area contributed by atoms with Crippen molar-refractivity contribution in [3.8, 4) is 0 Å². The van der Waals surface area contributed by atoms with Gasteiger partial charge in [0.1, 0.15) is 4.58 Å². The van der Waals surface area contributed by atoms with Crippen molar-refractivity contribution >= 4 is 21.6 Å². The summed E-state index contributed by atoms with van der Waals surface area (Å²) in [6.07, 6.45) is 8.87. The average molecular weight is 264 g/mol. The van der Waals surface area contributed by atoms with Crippen LogP contribution >= 0.6 is 0 Å². The van der Waals surface area contributed by atoms with Gasteiger partial charge in [0.15, 0.2) is 0 Å². The van der Waals surface area contributed by atoms with Gasteiger partial charge in [0.25, 0.3) is 0 Å². The van der Waals surface area contributed by atoms with Crippen LogP contribution in [0.15, 0.2) is 0 Å². The minimum absolute atomic E-state index is 0.0240. The Kier molecular flexibility index (Phi) is 7.54. The van der Waals surface area contributed by atoms with Crippen molar-refractivity contribution in [2.24, 2.45) is 0 Å². The normalized spacial score (nSPS) is 28.6. The summed E-state index contributed by atoms with van der Waals surface area (Å²) in [5.74, 6) is 1.53. The molecule has 96 valence electrons. The van der Waals surface area contributed by atoms with Gasteiger partial charge in [-0.25, -0.2) is 0 Å². The Hall–Kier alpha value is 0.300. The van der Waals surface area contributed by atoms with Crippen molar-refractivity contribution in [2.45, 2.75) is 62.9 Å². The van der Waals surface area contributed by atoms with Crippen molar-refractivity contribution in [3.63, 3.8) is 0 Å². The highest BCUT2D eigenvalue weighted by atomic mass is 32.2. The zero-order chi connectivity index (χ0) is 11.8. The first-order chi connectivity index (χ1) is 7.75. The van der Waals surface area contributed by atoms with Crippen molar-refractivity contribution in [3.05, 3.63) is 0 Å². The second kappa shape index (κ2) is 8.40.